The molecule has 1 nitrogen and oxygen atoms in total. The maximum atomic E-state index is 5.48. The average molecular weight is 284 g/mol. The van der Waals surface area contributed by atoms with Crippen molar-refractivity contribution in [2.45, 2.75) is 47.0 Å². The highest BCUT2D eigenvalue weighted by Gasteiger charge is 2.37. The molecular formula is C20H28O. The van der Waals surface area contributed by atoms with E-state index in [2.05, 4.69) is 58.5 Å². The molecule has 0 unspecified atom stereocenters. The van der Waals surface area contributed by atoms with E-state index in [0.717, 1.165) is 12.2 Å². The number of ether oxygens (including phenoxy) is 1. The third kappa shape index (κ3) is 3.07. The molecule has 0 radical (unpaired) electrons. The third-order valence-corrected chi connectivity index (χ3v) is 4.74. The molecular weight excluding hydrogens is 256 g/mol. The third-order valence-electron chi connectivity index (χ3n) is 4.74. The van der Waals surface area contributed by atoms with Gasteiger partial charge in [0.25, 0.3) is 0 Å². The van der Waals surface area contributed by atoms with Gasteiger partial charge in [0, 0.05) is 0 Å². The minimum Gasteiger partial charge on any atom is -0.497 e. The molecule has 1 aromatic carbocycles. The summed E-state index contributed by atoms with van der Waals surface area (Å²) in [5.41, 5.74) is 5.93. The molecule has 2 rings (SSSR count). The van der Waals surface area contributed by atoms with Crippen molar-refractivity contribution < 1.29 is 4.74 Å². The normalized spacial score (nSPS) is 22.0. The monoisotopic (exact) mass is 284 g/mol. The highest BCUT2D eigenvalue weighted by atomic mass is 16.5. The molecule has 0 heterocycles. The molecule has 0 spiro atoms. The van der Waals surface area contributed by atoms with Gasteiger partial charge in [-0.2, -0.15) is 0 Å². The zero-order valence-corrected chi connectivity index (χ0v) is 14.1. The number of aryl methyl sites for hydroxylation is 1. The van der Waals surface area contributed by atoms with Crippen LogP contribution >= 0.6 is 0 Å². The van der Waals surface area contributed by atoms with Crippen LogP contribution in [-0.2, 0) is 0 Å². The Balaban J connectivity index is 2.61. The summed E-state index contributed by atoms with van der Waals surface area (Å²) in [6.07, 6.45) is 5.52. The first-order valence-electron chi connectivity index (χ1n) is 7.91. The van der Waals surface area contributed by atoms with Crippen molar-refractivity contribution in [2.75, 3.05) is 7.11 Å². The van der Waals surface area contributed by atoms with Gasteiger partial charge in [-0.15, -0.1) is 6.58 Å². The first kappa shape index (κ1) is 15.9. The van der Waals surface area contributed by atoms with Crippen molar-refractivity contribution in [3.8, 4) is 5.75 Å². The van der Waals surface area contributed by atoms with Gasteiger partial charge >= 0.3 is 0 Å². The summed E-state index contributed by atoms with van der Waals surface area (Å²) in [5, 5.41) is 0. The standard InChI is InChI=1S/C20H28O/c1-7-9-20(5)10-8-18(14(2)3)19(20)16-11-15(4)12-17(13-16)21-6/h7,11-14H,1,8-10H2,2-6H3/t20-/m1/s1. The predicted molar refractivity (Wildman–Crippen MR) is 91.6 cm³/mol. The lowest BCUT2D eigenvalue weighted by Crippen LogP contribution is -2.14. The number of allylic oxidation sites excluding steroid dienone is 3. The molecule has 0 N–H and O–H groups in total. The van der Waals surface area contributed by atoms with Crippen LogP contribution in [0.1, 0.15) is 51.2 Å². The molecule has 1 atom stereocenters. The smallest absolute Gasteiger partial charge is 0.119 e. The summed E-state index contributed by atoms with van der Waals surface area (Å²) in [7, 11) is 1.74. The van der Waals surface area contributed by atoms with E-state index < -0.39 is 0 Å². The predicted octanol–water partition coefficient (Wildman–Crippen LogP) is 5.79. The summed E-state index contributed by atoms with van der Waals surface area (Å²) in [6.45, 7) is 13.1. The van der Waals surface area contributed by atoms with Gasteiger partial charge in [-0.25, -0.2) is 0 Å². The van der Waals surface area contributed by atoms with Gasteiger partial charge in [0.2, 0.25) is 0 Å². The van der Waals surface area contributed by atoms with Crippen LogP contribution < -0.4 is 4.74 Å². The van der Waals surface area contributed by atoms with Crippen molar-refractivity contribution in [1.29, 1.82) is 0 Å². The van der Waals surface area contributed by atoms with E-state index in [1.807, 2.05) is 0 Å². The molecule has 0 aromatic heterocycles. The molecule has 0 aliphatic heterocycles. The zero-order valence-electron chi connectivity index (χ0n) is 14.1. The molecule has 21 heavy (non-hydrogen) atoms. The summed E-state index contributed by atoms with van der Waals surface area (Å²) >= 11 is 0. The lowest BCUT2D eigenvalue weighted by molar-refractivity contribution is 0.413. The quantitative estimate of drug-likeness (QED) is 0.622. The van der Waals surface area contributed by atoms with Gasteiger partial charge in [0.05, 0.1) is 7.11 Å². The Morgan fingerprint density at radius 2 is 2.05 bits per heavy atom. The second kappa shape index (κ2) is 6.09. The van der Waals surface area contributed by atoms with Crippen molar-refractivity contribution in [1.82, 2.24) is 0 Å². The molecule has 1 aromatic rings. The van der Waals surface area contributed by atoms with Crippen LogP contribution in [0.3, 0.4) is 0 Å². The molecule has 0 saturated heterocycles. The highest BCUT2D eigenvalue weighted by molar-refractivity contribution is 5.76. The average Bonchev–Trinajstić information content (AvgIpc) is 2.76. The number of hydrogen-bond acceptors (Lipinski definition) is 1. The topological polar surface area (TPSA) is 9.23 Å². The van der Waals surface area contributed by atoms with Crippen LogP contribution in [0.2, 0.25) is 0 Å². The summed E-state index contributed by atoms with van der Waals surface area (Å²) < 4.78 is 5.48. The van der Waals surface area contributed by atoms with Gasteiger partial charge < -0.3 is 4.74 Å². The lowest BCUT2D eigenvalue weighted by Gasteiger charge is -2.28. The largest absolute Gasteiger partial charge is 0.497 e. The molecule has 1 aliphatic carbocycles. The van der Waals surface area contributed by atoms with Crippen molar-refractivity contribution in [2.24, 2.45) is 11.3 Å². The van der Waals surface area contributed by atoms with E-state index in [-0.39, 0.29) is 5.41 Å². The molecule has 114 valence electrons. The number of hydrogen-bond donors (Lipinski definition) is 0. The van der Waals surface area contributed by atoms with Crippen molar-refractivity contribution in [3.63, 3.8) is 0 Å². The van der Waals surface area contributed by atoms with E-state index in [0.29, 0.717) is 5.92 Å². The minimum absolute atomic E-state index is 0.208. The van der Waals surface area contributed by atoms with E-state index in [1.54, 1.807) is 12.7 Å². The summed E-state index contributed by atoms with van der Waals surface area (Å²) in [6, 6.07) is 6.59. The lowest BCUT2D eigenvalue weighted by atomic mass is 9.76. The molecule has 0 amide bonds. The fourth-order valence-electron chi connectivity index (χ4n) is 3.69. The molecule has 0 saturated carbocycles. The molecule has 1 heteroatoms. The Labute approximate surface area is 129 Å². The van der Waals surface area contributed by atoms with E-state index in [9.17, 15) is 0 Å². The molecule has 0 bridgehead atoms. The van der Waals surface area contributed by atoms with Crippen LogP contribution in [0, 0.1) is 18.3 Å². The van der Waals surface area contributed by atoms with Gasteiger partial charge in [-0.05, 0) is 66.4 Å². The Kier molecular flexibility index (Phi) is 4.61. The van der Waals surface area contributed by atoms with Gasteiger partial charge in [-0.1, -0.05) is 38.5 Å². The summed E-state index contributed by atoms with van der Waals surface area (Å²) in [5.74, 6) is 1.55. The Morgan fingerprint density at radius 3 is 2.62 bits per heavy atom. The Hall–Kier alpha value is -1.50. The van der Waals surface area contributed by atoms with E-state index in [4.69, 9.17) is 4.74 Å². The van der Waals surface area contributed by atoms with Gasteiger partial charge in [-0.3, -0.25) is 0 Å². The number of rotatable bonds is 5. The molecule has 1 aliphatic rings. The van der Waals surface area contributed by atoms with E-state index in [1.165, 1.54) is 29.5 Å². The number of methoxy groups -OCH3 is 1. The van der Waals surface area contributed by atoms with Gasteiger partial charge in [0.15, 0.2) is 0 Å². The fourth-order valence-corrected chi connectivity index (χ4v) is 3.69. The van der Waals surface area contributed by atoms with Crippen molar-refractivity contribution >= 4 is 5.57 Å². The molecule has 0 fully saturated rings. The van der Waals surface area contributed by atoms with Crippen LogP contribution in [0.15, 0.2) is 36.4 Å². The van der Waals surface area contributed by atoms with Crippen LogP contribution in [0.4, 0.5) is 0 Å². The first-order chi connectivity index (χ1) is 9.91. The minimum atomic E-state index is 0.208. The van der Waals surface area contributed by atoms with Crippen LogP contribution in [0.5, 0.6) is 5.75 Å². The first-order valence-corrected chi connectivity index (χ1v) is 7.91. The fraction of sp³-hybridized carbons (Fsp3) is 0.500. The summed E-state index contributed by atoms with van der Waals surface area (Å²) in [4.78, 5) is 0. The zero-order chi connectivity index (χ0) is 15.6. The second-order valence-electron chi connectivity index (χ2n) is 6.85. The maximum Gasteiger partial charge on any atom is 0.119 e. The van der Waals surface area contributed by atoms with Crippen LogP contribution in [0.25, 0.3) is 5.57 Å². The van der Waals surface area contributed by atoms with E-state index >= 15 is 0 Å². The maximum absolute atomic E-state index is 5.48. The Morgan fingerprint density at radius 1 is 1.33 bits per heavy atom. The van der Waals surface area contributed by atoms with Gasteiger partial charge in [0.1, 0.15) is 5.75 Å². The van der Waals surface area contributed by atoms with Crippen molar-refractivity contribution in [3.05, 3.63) is 47.6 Å². The highest BCUT2D eigenvalue weighted by Crippen LogP contribution is 2.52. The Bertz CT molecular complexity index is 565. The van der Waals surface area contributed by atoms with Crippen LogP contribution in [-0.4, -0.2) is 7.11 Å². The number of benzene rings is 1. The SMILES string of the molecule is C=CC[C@]1(C)CCC(C(C)C)=C1c1cc(C)cc(OC)c1. The second-order valence-corrected chi connectivity index (χ2v) is 6.85.